The van der Waals surface area contributed by atoms with Crippen LogP contribution in [0.5, 0.6) is 0 Å². The van der Waals surface area contributed by atoms with Crippen molar-refractivity contribution >= 4 is 47.5 Å². The van der Waals surface area contributed by atoms with Crippen LogP contribution in [0.25, 0.3) is 0 Å². The number of methoxy groups -OCH3 is 1. The van der Waals surface area contributed by atoms with Gasteiger partial charge in [-0.15, -0.1) is 0 Å². The lowest BCUT2D eigenvalue weighted by Crippen LogP contribution is -2.69. The van der Waals surface area contributed by atoms with Gasteiger partial charge in [0.2, 0.25) is 5.91 Å². The summed E-state index contributed by atoms with van der Waals surface area (Å²) in [5, 5.41) is 2.49. The van der Waals surface area contributed by atoms with E-state index < -0.39 is 91.0 Å². The highest BCUT2D eigenvalue weighted by Crippen LogP contribution is 2.37. The van der Waals surface area contributed by atoms with E-state index in [1.54, 1.807) is 0 Å². The van der Waals surface area contributed by atoms with Crippen molar-refractivity contribution in [2.75, 3.05) is 18.6 Å². The molecule has 0 aromatic rings. The average molecular weight is 618 g/mol. The number of ether oxygens (including phenoxy) is 6. The summed E-state index contributed by atoms with van der Waals surface area (Å²) in [5.74, 6) is -8.44. The van der Waals surface area contributed by atoms with Crippen LogP contribution in [0, 0.1) is 0 Å². The van der Waals surface area contributed by atoms with E-state index >= 15 is 0 Å². The molecule has 0 saturated carbocycles. The van der Waals surface area contributed by atoms with Crippen molar-refractivity contribution in [2.24, 2.45) is 0 Å². The summed E-state index contributed by atoms with van der Waals surface area (Å²) >= 11 is 0.938. The highest BCUT2D eigenvalue weighted by atomic mass is 32.2. The first-order valence-electron chi connectivity index (χ1n) is 12.3. The minimum absolute atomic E-state index is 0.0274. The van der Waals surface area contributed by atoms with Crippen LogP contribution in [0.1, 0.15) is 53.9 Å². The summed E-state index contributed by atoms with van der Waals surface area (Å²) in [4.78, 5) is 73.3. The number of esters is 5. The Kier molecular flexibility index (Phi) is 13.8. The number of hydrogen-bond donors (Lipinski definition) is 1. The van der Waals surface area contributed by atoms with E-state index in [4.69, 9.17) is 28.4 Å². The second-order valence-electron chi connectivity index (χ2n) is 9.01. The summed E-state index contributed by atoms with van der Waals surface area (Å²) in [6.45, 7) is 5.11. The molecule has 1 amide bonds. The monoisotopic (exact) mass is 617 g/mol. The molecular weight excluding hydrogens is 583 g/mol. The summed E-state index contributed by atoms with van der Waals surface area (Å²) in [6, 6.07) is -1.37. The number of thioether (sulfide) groups is 1. The molecule has 1 aliphatic rings. The third-order valence-electron chi connectivity index (χ3n) is 5.38. The second kappa shape index (κ2) is 15.8. The maximum absolute atomic E-state index is 12.9. The zero-order chi connectivity index (χ0) is 31.5. The molecule has 0 spiro atoms. The quantitative estimate of drug-likeness (QED) is 0.180. The molecule has 1 unspecified atom stereocenters. The number of nitrogens with one attached hydrogen (secondary N) is 1. The molecule has 1 aliphatic heterocycles. The number of carbonyl (C=O) groups excluding carboxylic acids is 6. The Bertz CT molecular complexity index is 978. The van der Waals surface area contributed by atoms with Gasteiger partial charge < -0.3 is 33.7 Å². The molecule has 41 heavy (non-hydrogen) atoms. The number of halogens is 3. The molecular formula is C24H34F3NO12S. The molecule has 1 rings (SSSR count). The predicted octanol–water partition coefficient (Wildman–Crippen LogP) is 1.58. The molecule has 234 valence electrons. The average Bonchev–Trinajstić information content (AvgIpc) is 2.80. The second-order valence-corrected chi connectivity index (χ2v) is 10.2. The van der Waals surface area contributed by atoms with Crippen molar-refractivity contribution in [1.29, 1.82) is 0 Å². The van der Waals surface area contributed by atoms with Gasteiger partial charge in [-0.2, -0.15) is 24.9 Å². The van der Waals surface area contributed by atoms with Crippen molar-refractivity contribution in [1.82, 2.24) is 5.32 Å². The van der Waals surface area contributed by atoms with E-state index in [9.17, 15) is 41.9 Å². The van der Waals surface area contributed by atoms with Gasteiger partial charge >= 0.3 is 41.8 Å². The van der Waals surface area contributed by atoms with Crippen molar-refractivity contribution in [2.45, 2.75) is 96.3 Å². The number of alkyl halides is 3. The van der Waals surface area contributed by atoms with E-state index in [2.05, 4.69) is 5.32 Å². The molecule has 0 bridgehead atoms. The smallest absolute Gasteiger partial charge is 0.389 e. The van der Waals surface area contributed by atoms with Crippen LogP contribution in [0.3, 0.4) is 0 Å². The Hall–Kier alpha value is -3.08. The first-order valence-corrected chi connectivity index (χ1v) is 13.4. The normalized spacial score (nSPS) is 23.8. The highest BCUT2D eigenvalue weighted by molar-refractivity contribution is 7.99. The van der Waals surface area contributed by atoms with Gasteiger partial charge in [-0.1, -0.05) is 0 Å². The molecule has 1 N–H and O–H groups in total. The van der Waals surface area contributed by atoms with E-state index in [0.29, 0.717) is 0 Å². The van der Waals surface area contributed by atoms with Crippen LogP contribution < -0.4 is 5.32 Å². The van der Waals surface area contributed by atoms with Gasteiger partial charge in [0.1, 0.15) is 12.2 Å². The SMILES string of the molecule is COC(=O)[C@]1(OC(C)=O)C[C@H](OC(C)=O)[C@@H](NC(C)=O)C([C@@H](OC(C)=O)[C@@H](CSCCCC(F)(F)F)OC(C)=O)O1. The Balaban J connectivity index is 3.66. The van der Waals surface area contributed by atoms with Crippen LogP contribution in [0.4, 0.5) is 13.2 Å². The summed E-state index contributed by atoms with van der Waals surface area (Å²) in [7, 11) is 0.954. The lowest BCUT2D eigenvalue weighted by atomic mass is 9.88. The molecule has 17 heteroatoms. The van der Waals surface area contributed by atoms with Crippen molar-refractivity contribution in [3.8, 4) is 0 Å². The minimum atomic E-state index is -4.38. The van der Waals surface area contributed by atoms with E-state index in [-0.39, 0.29) is 17.9 Å². The molecule has 1 heterocycles. The van der Waals surface area contributed by atoms with Crippen LogP contribution in [-0.4, -0.2) is 96.8 Å². The predicted molar refractivity (Wildman–Crippen MR) is 133 cm³/mol. The Morgan fingerprint density at radius 3 is 2.05 bits per heavy atom. The van der Waals surface area contributed by atoms with E-state index in [1.807, 2.05) is 0 Å². The van der Waals surface area contributed by atoms with Gasteiger partial charge in [-0.05, 0) is 12.2 Å². The summed E-state index contributed by atoms with van der Waals surface area (Å²) in [5.41, 5.74) is 0. The lowest BCUT2D eigenvalue weighted by Gasteiger charge is -2.48. The summed E-state index contributed by atoms with van der Waals surface area (Å²) in [6.07, 6.45) is -12.6. The number of amides is 1. The molecule has 1 saturated heterocycles. The fourth-order valence-electron chi connectivity index (χ4n) is 4.11. The summed E-state index contributed by atoms with van der Waals surface area (Å²) < 4.78 is 69.6. The highest BCUT2D eigenvalue weighted by Gasteiger charge is 2.60. The number of hydrogen-bond acceptors (Lipinski definition) is 13. The van der Waals surface area contributed by atoms with Crippen molar-refractivity contribution in [3.63, 3.8) is 0 Å². The van der Waals surface area contributed by atoms with Gasteiger partial charge in [0.15, 0.2) is 12.2 Å². The molecule has 0 aromatic carbocycles. The molecule has 1 fully saturated rings. The Labute approximate surface area is 238 Å². The fourth-order valence-corrected chi connectivity index (χ4v) is 5.12. The van der Waals surface area contributed by atoms with Crippen molar-refractivity contribution < 1.29 is 70.4 Å². The maximum Gasteiger partial charge on any atom is 0.389 e. The third kappa shape index (κ3) is 12.1. The maximum atomic E-state index is 12.9. The van der Waals surface area contributed by atoms with Crippen LogP contribution in [0.15, 0.2) is 0 Å². The molecule has 6 atom stereocenters. The third-order valence-corrected chi connectivity index (χ3v) is 6.53. The van der Waals surface area contributed by atoms with Gasteiger partial charge in [0.05, 0.1) is 19.6 Å². The number of rotatable bonds is 13. The van der Waals surface area contributed by atoms with Gasteiger partial charge in [-0.3, -0.25) is 24.0 Å². The molecule has 13 nitrogen and oxygen atoms in total. The first kappa shape index (κ1) is 35.9. The molecule has 0 aromatic heterocycles. The zero-order valence-electron chi connectivity index (χ0n) is 23.4. The Morgan fingerprint density at radius 2 is 1.59 bits per heavy atom. The number of carbonyl (C=O) groups is 6. The van der Waals surface area contributed by atoms with Gasteiger partial charge in [0, 0.05) is 46.8 Å². The van der Waals surface area contributed by atoms with Crippen LogP contribution in [-0.2, 0) is 57.2 Å². The zero-order valence-corrected chi connectivity index (χ0v) is 24.2. The van der Waals surface area contributed by atoms with Crippen LogP contribution >= 0.6 is 11.8 Å². The van der Waals surface area contributed by atoms with E-state index in [1.165, 1.54) is 0 Å². The Morgan fingerprint density at radius 1 is 0.976 bits per heavy atom. The van der Waals surface area contributed by atoms with E-state index in [0.717, 1.165) is 53.5 Å². The topological polar surface area (TPSA) is 170 Å². The molecule has 0 radical (unpaired) electrons. The van der Waals surface area contributed by atoms with Gasteiger partial charge in [0.25, 0.3) is 0 Å². The standard InChI is InChI=1S/C24H34F3NO12S/c1-12(29)28-19-17(36-13(2)30)10-23(22(34)35-6,39-16(5)33)40-21(19)20(38-15(4)32)18(37-14(3)31)11-41-9-7-8-24(25,26)27/h17-21H,7-11H2,1-6H3,(H,28,29)/t17-,18+,19+,20-,21?,23-/m0/s1. The van der Waals surface area contributed by atoms with Gasteiger partial charge in [-0.25, -0.2) is 4.79 Å². The lowest BCUT2D eigenvalue weighted by molar-refractivity contribution is -0.302. The first-order chi connectivity index (χ1) is 18.9. The fraction of sp³-hybridized carbons (Fsp3) is 0.750. The minimum Gasteiger partial charge on any atom is -0.464 e. The molecule has 0 aliphatic carbocycles. The largest absolute Gasteiger partial charge is 0.464 e. The van der Waals surface area contributed by atoms with Crippen molar-refractivity contribution in [3.05, 3.63) is 0 Å². The van der Waals surface area contributed by atoms with Crippen LogP contribution in [0.2, 0.25) is 0 Å².